The number of carbonyl (C=O) groups is 2. The summed E-state index contributed by atoms with van der Waals surface area (Å²) in [6.45, 7) is 0.274. The van der Waals surface area contributed by atoms with Crippen LogP contribution >= 0.6 is 0 Å². The molecule has 104 valence electrons. The van der Waals surface area contributed by atoms with Crippen LogP contribution in [0.3, 0.4) is 0 Å². The lowest BCUT2D eigenvalue weighted by Gasteiger charge is -2.11. The van der Waals surface area contributed by atoms with E-state index in [1.807, 2.05) is 0 Å². The SMILES string of the molecule is CC(C)C(=O)CNC(=O)c1ccccc1OC(F)F. The van der Waals surface area contributed by atoms with Gasteiger partial charge in [-0.15, -0.1) is 0 Å². The fraction of sp³-hybridized carbons (Fsp3) is 0.385. The van der Waals surface area contributed by atoms with Crippen LogP contribution in [-0.2, 0) is 4.79 Å². The van der Waals surface area contributed by atoms with E-state index in [2.05, 4.69) is 10.1 Å². The average Bonchev–Trinajstić information content (AvgIpc) is 2.35. The molecular formula is C13H15F2NO3. The van der Waals surface area contributed by atoms with E-state index in [4.69, 9.17) is 0 Å². The van der Waals surface area contributed by atoms with Gasteiger partial charge in [0.15, 0.2) is 5.78 Å². The van der Waals surface area contributed by atoms with Crippen molar-refractivity contribution >= 4 is 11.7 Å². The first-order chi connectivity index (χ1) is 8.91. The van der Waals surface area contributed by atoms with E-state index in [9.17, 15) is 18.4 Å². The van der Waals surface area contributed by atoms with Crippen molar-refractivity contribution in [3.8, 4) is 5.75 Å². The van der Waals surface area contributed by atoms with Gasteiger partial charge in [-0.1, -0.05) is 26.0 Å². The number of amides is 1. The largest absolute Gasteiger partial charge is 0.434 e. The summed E-state index contributed by atoms with van der Waals surface area (Å²) < 4.78 is 28.6. The lowest BCUT2D eigenvalue weighted by Crippen LogP contribution is -2.31. The van der Waals surface area contributed by atoms with E-state index >= 15 is 0 Å². The minimum atomic E-state index is -3.01. The van der Waals surface area contributed by atoms with Crippen LogP contribution in [0.5, 0.6) is 5.75 Å². The number of ether oxygens (including phenoxy) is 1. The number of hydrogen-bond acceptors (Lipinski definition) is 3. The number of halogens is 2. The molecule has 0 aromatic heterocycles. The summed E-state index contributed by atoms with van der Waals surface area (Å²) in [5.41, 5.74) is -0.0284. The normalized spacial score (nSPS) is 10.6. The molecule has 0 fully saturated rings. The zero-order valence-corrected chi connectivity index (χ0v) is 10.7. The van der Waals surface area contributed by atoms with Gasteiger partial charge in [-0.25, -0.2) is 0 Å². The molecule has 0 bridgehead atoms. The Kier molecular flexibility index (Phi) is 5.41. The van der Waals surface area contributed by atoms with E-state index in [1.165, 1.54) is 24.3 Å². The molecule has 1 N–H and O–H groups in total. The number of para-hydroxylation sites is 1. The maximum absolute atomic E-state index is 12.2. The second-order valence-corrected chi connectivity index (χ2v) is 4.18. The zero-order chi connectivity index (χ0) is 14.4. The number of hydrogen-bond donors (Lipinski definition) is 1. The topological polar surface area (TPSA) is 55.4 Å². The van der Waals surface area contributed by atoms with Gasteiger partial charge >= 0.3 is 6.61 Å². The molecule has 19 heavy (non-hydrogen) atoms. The number of carbonyl (C=O) groups excluding carboxylic acids is 2. The van der Waals surface area contributed by atoms with E-state index < -0.39 is 12.5 Å². The van der Waals surface area contributed by atoms with Gasteiger partial charge in [0.2, 0.25) is 0 Å². The highest BCUT2D eigenvalue weighted by Crippen LogP contribution is 2.19. The standard InChI is InChI=1S/C13H15F2NO3/c1-8(2)10(17)7-16-12(18)9-5-3-4-6-11(9)19-13(14)15/h3-6,8,13H,7H2,1-2H3,(H,16,18). The minimum Gasteiger partial charge on any atom is -0.434 e. The van der Waals surface area contributed by atoms with E-state index in [1.54, 1.807) is 13.8 Å². The Bertz CT molecular complexity index is 461. The van der Waals surface area contributed by atoms with Crippen LogP contribution in [-0.4, -0.2) is 24.8 Å². The van der Waals surface area contributed by atoms with Crippen molar-refractivity contribution in [1.29, 1.82) is 0 Å². The Balaban J connectivity index is 2.74. The van der Waals surface area contributed by atoms with Crippen LogP contribution in [0.2, 0.25) is 0 Å². The summed E-state index contributed by atoms with van der Waals surface area (Å²) in [4.78, 5) is 23.2. The number of alkyl halides is 2. The van der Waals surface area contributed by atoms with Crippen LogP contribution in [0.4, 0.5) is 8.78 Å². The first kappa shape index (κ1) is 15.1. The van der Waals surface area contributed by atoms with Crippen LogP contribution in [0.25, 0.3) is 0 Å². The third kappa shape index (κ3) is 4.65. The Hall–Kier alpha value is -1.98. The highest BCUT2D eigenvalue weighted by molar-refractivity contribution is 5.99. The number of benzene rings is 1. The number of rotatable bonds is 6. The summed E-state index contributed by atoms with van der Waals surface area (Å²) >= 11 is 0. The summed E-state index contributed by atoms with van der Waals surface area (Å²) in [6.07, 6.45) is 0. The fourth-order valence-electron chi connectivity index (χ4n) is 1.32. The Labute approximate surface area is 109 Å². The predicted octanol–water partition coefficient (Wildman–Crippen LogP) is 2.24. The van der Waals surface area contributed by atoms with Gasteiger partial charge in [0.05, 0.1) is 12.1 Å². The summed E-state index contributed by atoms with van der Waals surface area (Å²) in [5, 5.41) is 2.38. The molecule has 1 aromatic carbocycles. The zero-order valence-electron chi connectivity index (χ0n) is 10.7. The highest BCUT2D eigenvalue weighted by atomic mass is 19.3. The van der Waals surface area contributed by atoms with Crippen LogP contribution < -0.4 is 10.1 Å². The van der Waals surface area contributed by atoms with Crippen molar-refractivity contribution in [2.75, 3.05) is 6.54 Å². The van der Waals surface area contributed by atoms with Gasteiger partial charge < -0.3 is 10.1 Å². The van der Waals surface area contributed by atoms with Gasteiger partial charge in [-0.2, -0.15) is 8.78 Å². The first-order valence-corrected chi connectivity index (χ1v) is 5.76. The smallest absolute Gasteiger partial charge is 0.387 e. The van der Waals surface area contributed by atoms with Crippen LogP contribution in [0.15, 0.2) is 24.3 Å². The lowest BCUT2D eigenvalue weighted by molar-refractivity contribution is -0.120. The molecule has 4 nitrogen and oxygen atoms in total. The predicted molar refractivity (Wildman–Crippen MR) is 65.3 cm³/mol. The molecule has 0 heterocycles. The van der Waals surface area contributed by atoms with Crippen molar-refractivity contribution in [2.45, 2.75) is 20.5 Å². The highest BCUT2D eigenvalue weighted by Gasteiger charge is 2.16. The molecule has 1 aromatic rings. The number of ketones is 1. The number of nitrogens with one attached hydrogen (secondary N) is 1. The average molecular weight is 271 g/mol. The first-order valence-electron chi connectivity index (χ1n) is 5.76. The monoisotopic (exact) mass is 271 g/mol. The summed E-state index contributed by atoms with van der Waals surface area (Å²) in [6, 6.07) is 5.63. The lowest BCUT2D eigenvalue weighted by atomic mass is 10.1. The summed E-state index contributed by atoms with van der Waals surface area (Å²) in [5.74, 6) is -1.18. The molecule has 1 rings (SSSR count). The van der Waals surface area contributed by atoms with Crippen molar-refractivity contribution in [1.82, 2.24) is 5.32 Å². The quantitative estimate of drug-likeness (QED) is 0.863. The van der Waals surface area contributed by atoms with E-state index in [-0.39, 0.29) is 29.6 Å². The van der Waals surface area contributed by atoms with Crippen molar-refractivity contribution in [3.05, 3.63) is 29.8 Å². The molecule has 1 amide bonds. The van der Waals surface area contributed by atoms with Crippen LogP contribution in [0.1, 0.15) is 24.2 Å². The maximum atomic E-state index is 12.2. The molecule has 0 radical (unpaired) electrons. The minimum absolute atomic E-state index is 0.0284. The van der Waals surface area contributed by atoms with E-state index in [0.29, 0.717) is 0 Å². The third-order valence-electron chi connectivity index (χ3n) is 2.41. The molecule has 0 aliphatic carbocycles. The van der Waals surface area contributed by atoms with Gasteiger partial charge in [0, 0.05) is 5.92 Å². The van der Waals surface area contributed by atoms with Crippen molar-refractivity contribution in [3.63, 3.8) is 0 Å². The van der Waals surface area contributed by atoms with Gasteiger partial charge in [-0.3, -0.25) is 9.59 Å². The Morgan fingerprint density at radius 1 is 1.26 bits per heavy atom. The Morgan fingerprint density at radius 3 is 2.47 bits per heavy atom. The van der Waals surface area contributed by atoms with Crippen molar-refractivity contribution < 1.29 is 23.1 Å². The van der Waals surface area contributed by atoms with Crippen molar-refractivity contribution in [2.24, 2.45) is 5.92 Å². The fourth-order valence-corrected chi connectivity index (χ4v) is 1.32. The van der Waals surface area contributed by atoms with E-state index in [0.717, 1.165) is 0 Å². The second-order valence-electron chi connectivity index (χ2n) is 4.18. The number of Topliss-reactive ketones (excluding diaryl/α,β-unsaturated/α-hetero) is 1. The molecular weight excluding hydrogens is 256 g/mol. The molecule has 0 aliphatic heterocycles. The molecule has 0 unspecified atom stereocenters. The third-order valence-corrected chi connectivity index (χ3v) is 2.41. The molecule has 0 saturated heterocycles. The Morgan fingerprint density at radius 2 is 1.89 bits per heavy atom. The summed E-state index contributed by atoms with van der Waals surface area (Å²) in [7, 11) is 0. The van der Waals surface area contributed by atoms with Gasteiger partial charge in [0.1, 0.15) is 5.75 Å². The molecule has 0 atom stereocenters. The molecule has 6 heteroatoms. The molecule has 0 aliphatic rings. The van der Waals surface area contributed by atoms with Crippen LogP contribution in [0, 0.1) is 5.92 Å². The molecule has 0 spiro atoms. The van der Waals surface area contributed by atoms with Gasteiger partial charge in [0.25, 0.3) is 5.91 Å². The second kappa shape index (κ2) is 6.82. The maximum Gasteiger partial charge on any atom is 0.387 e. The molecule has 0 saturated carbocycles. The van der Waals surface area contributed by atoms with Gasteiger partial charge in [-0.05, 0) is 12.1 Å².